The Morgan fingerprint density at radius 1 is 1.23 bits per heavy atom. The SMILES string of the molecule is C=CCOC(=O)/C(C1=CC(=O)c2ccccc2C1=O)=C(\C)NCCCC. The van der Waals surface area contributed by atoms with Crippen molar-refractivity contribution in [3.63, 3.8) is 0 Å². The second-order valence-corrected chi connectivity index (χ2v) is 5.96. The predicted molar refractivity (Wildman–Crippen MR) is 100.0 cm³/mol. The van der Waals surface area contributed by atoms with Crippen LogP contribution in [0.2, 0.25) is 0 Å². The summed E-state index contributed by atoms with van der Waals surface area (Å²) in [4.78, 5) is 37.9. The number of benzene rings is 1. The molecule has 0 atom stereocenters. The van der Waals surface area contributed by atoms with Gasteiger partial charge in [0.25, 0.3) is 0 Å². The van der Waals surface area contributed by atoms with E-state index in [1.54, 1.807) is 31.2 Å². The minimum atomic E-state index is -0.654. The minimum Gasteiger partial charge on any atom is -0.458 e. The second-order valence-electron chi connectivity index (χ2n) is 5.96. The van der Waals surface area contributed by atoms with E-state index in [0.29, 0.717) is 23.4 Å². The summed E-state index contributed by atoms with van der Waals surface area (Å²) < 4.78 is 5.15. The first-order valence-corrected chi connectivity index (χ1v) is 8.64. The van der Waals surface area contributed by atoms with Crippen LogP contribution in [0.3, 0.4) is 0 Å². The maximum atomic E-state index is 12.9. The van der Waals surface area contributed by atoms with Gasteiger partial charge in [-0.25, -0.2) is 4.79 Å². The second kappa shape index (κ2) is 8.94. The van der Waals surface area contributed by atoms with Crippen LogP contribution in [0.1, 0.15) is 47.4 Å². The van der Waals surface area contributed by atoms with Crippen molar-refractivity contribution >= 4 is 17.5 Å². The maximum absolute atomic E-state index is 12.9. The van der Waals surface area contributed by atoms with Crippen LogP contribution in [-0.4, -0.2) is 30.7 Å². The predicted octanol–water partition coefficient (Wildman–Crippen LogP) is 3.38. The summed E-state index contributed by atoms with van der Waals surface area (Å²) in [5.74, 6) is -1.31. The van der Waals surface area contributed by atoms with Crippen LogP contribution in [0, 0.1) is 0 Å². The number of esters is 1. The number of ketones is 2. The van der Waals surface area contributed by atoms with Gasteiger partial charge in [-0.05, 0) is 19.4 Å². The van der Waals surface area contributed by atoms with Gasteiger partial charge in [-0.15, -0.1) is 0 Å². The van der Waals surface area contributed by atoms with E-state index in [2.05, 4.69) is 18.8 Å². The fraction of sp³-hybridized carbons (Fsp3) is 0.286. The summed E-state index contributed by atoms with van der Waals surface area (Å²) >= 11 is 0. The highest BCUT2D eigenvalue weighted by molar-refractivity contribution is 6.28. The molecular formula is C21H23NO4. The largest absolute Gasteiger partial charge is 0.458 e. The van der Waals surface area contributed by atoms with Crippen LogP contribution in [0.4, 0.5) is 0 Å². The van der Waals surface area contributed by atoms with Crippen LogP contribution in [0.5, 0.6) is 0 Å². The number of unbranched alkanes of at least 4 members (excludes halogenated alkanes) is 1. The number of carbonyl (C=O) groups is 3. The Morgan fingerprint density at radius 3 is 2.58 bits per heavy atom. The molecule has 1 aliphatic carbocycles. The molecule has 1 N–H and O–H groups in total. The number of hydrogen-bond donors (Lipinski definition) is 1. The van der Waals surface area contributed by atoms with Gasteiger partial charge in [0, 0.05) is 28.9 Å². The zero-order valence-corrected chi connectivity index (χ0v) is 15.1. The molecule has 0 aliphatic heterocycles. The minimum absolute atomic E-state index is 0.0244. The fourth-order valence-corrected chi connectivity index (χ4v) is 2.71. The van der Waals surface area contributed by atoms with E-state index in [9.17, 15) is 14.4 Å². The van der Waals surface area contributed by atoms with Gasteiger partial charge in [0.05, 0.1) is 5.57 Å². The fourth-order valence-electron chi connectivity index (χ4n) is 2.71. The molecule has 136 valence electrons. The van der Waals surface area contributed by atoms with Gasteiger partial charge in [-0.3, -0.25) is 9.59 Å². The number of ether oxygens (including phenoxy) is 1. The number of rotatable bonds is 8. The molecule has 5 nitrogen and oxygen atoms in total. The van der Waals surface area contributed by atoms with Crippen molar-refractivity contribution in [2.24, 2.45) is 0 Å². The molecule has 0 saturated heterocycles. The van der Waals surface area contributed by atoms with Gasteiger partial charge in [-0.1, -0.05) is 50.3 Å². The van der Waals surface area contributed by atoms with Gasteiger partial charge in [-0.2, -0.15) is 0 Å². The van der Waals surface area contributed by atoms with Crippen LogP contribution >= 0.6 is 0 Å². The highest BCUT2D eigenvalue weighted by atomic mass is 16.5. The van der Waals surface area contributed by atoms with Crippen LogP contribution in [0.15, 0.2) is 59.8 Å². The lowest BCUT2D eigenvalue weighted by Gasteiger charge is -2.19. The van der Waals surface area contributed by atoms with E-state index >= 15 is 0 Å². The Kier molecular flexibility index (Phi) is 6.67. The van der Waals surface area contributed by atoms with Crippen molar-refractivity contribution in [1.82, 2.24) is 5.32 Å². The third kappa shape index (κ3) is 4.17. The molecule has 0 saturated carbocycles. The summed E-state index contributed by atoms with van der Waals surface area (Å²) in [7, 11) is 0. The Hall–Kier alpha value is -2.95. The highest BCUT2D eigenvalue weighted by Gasteiger charge is 2.31. The molecule has 1 aromatic carbocycles. The third-order valence-electron chi connectivity index (χ3n) is 4.06. The summed E-state index contributed by atoms with van der Waals surface area (Å²) in [6.07, 6.45) is 4.58. The molecular weight excluding hydrogens is 330 g/mol. The van der Waals surface area contributed by atoms with E-state index in [1.165, 1.54) is 12.2 Å². The molecule has 5 heteroatoms. The first kappa shape index (κ1) is 19.4. The lowest BCUT2D eigenvalue weighted by atomic mass is 9.85. The molecule has 1 aromatic rings. The van der Waals surface area contributed by atoms with E-state index in [-0.39, 0.29) is 29.3 Å². The summed E-state index contributed by atoms with van der Waals surface area (Å²) in [6.45, 7) is 7.97. The van der Waals surface area contributed by atoms with E-state index in [1.807, 2.05) is 0 Å². The lowest BCUT2D eigenvalue weighted by Crippen LogP contribution is -2.26. The monoisotopic (exact) mass is 353 g/mol. The molecule has 0 spiro atoms. The molecule has 26 heavy (non-hydrogen) atoms. The summed E-state index contributed by atoms with van der Waals surface area (Å²) in [6, 6.07) is 6.60. The van der Waals surface area contributed by atoms with Gasteiger partial charge >= 0.3 is 5.97 Å². The maximum Gasteiger partial charge on any atom is 0.340 e. The van der Waals surface area contributed by atoms with E-state index in [0.717, 1.165) is 12.8 Å². The van der Waals surface area contributed by atoms with Crippen LogP contribution < -0.4 is 5.32 Å². The zero-order chi connectivity index (χ0) is 19.1. The number of nitrogens with one attached hydrogen (secondary N) is 1. The average Bonchev–Trinajstić information content (AvgIpc) is 2.64. The Morgan fingerprint density at radius 2 is 1.92 bits per heavy atom. The molecule has 0 aromatic heterocycles. The summed E-state index contributed by atoms with van der Waals surface area (Å²) in [5, 5.41) is 3.15. The van der Waals surface area contributed by atoms with Crippen LogP contribution in [0.25, 0.3) is 0 Å². The highest BCUT2D eigenvalue weighted by Crippen LogP contribution is 2.27. The number of allylic oxidation sites excluding steroid dienone is 2. The quantitative estimate of drug-likeness (QED) is 0.336. The molecule has 0 radical (unpaired) electrons. The topological polar surface area (TPSA) is 72.5 Å². The van der Waals surface area contributed by atoms with E-state index < -0.39 is 5.97 Å². The lowest BCUT2D eigenvalue weighted by molar-refractivity contribution is -0.137. The van der Waals surface area contributed by atoms with Gasteiger partial charge < -0.3 is 10.1 Å². The Balaban J connectivity index is 2.46. The van der Waals surface area contributed by atoms with Gasteiger partial charge in [0.15, 0.2) is 11.6 Å². The van der Waals surface area contributed by atoms with Crippen molar-refractivity contribution in [3.05, 3.63) is 71.0 Å². The smallest absolute Gasteiger partial charge is 0.340 e. The van der Waals surface area contributed by atoms with Crippen molar-refractivity contribution in [2.75, 3.05) is 13.2 Å². The number of Topliss-reactive ketones (excluding diaryl/α,β-unsaturated/α-hetero) is 1. The van der Waals surface area contributed by atoms with Crippen molar-refractivity contribution in [2.45, 2.75) is 26.7 Å². The molecule has 1 aliphatic rings. The third-order valence-corrected chi connectivity index (χ3v) is 4.06. The van der Waals surface area contributed by atoms with Crippen molar-refractivity contribution in [1.29, 1.82) is 0 Å². The first-order valence-electron chi connectivity index (χ1n) is 8.64. The molecule has 0 heterocycles. The van der Waals surface area contributed by atoms with Crippen LogP contribution in [-0.2, 0) is 9.53 Å². The van der Waals surface area contributed by atoms with Crippen molar-refractivity contribution < 1.29 is 19.1 Å². The molecule has 2 rings (SSSR count). The van der Waals surface area contributed by atoms with Gasteiger partial charge in [0.1, 0.15) is 6.61 Å². The zero-order valence-electron chi connectivity index (χ0n) is 15.1. The van der Waals surface area contributed by atoms with Gasteiger partial charge in [0.2, 0.25) is 0 Å². The average molecular weight is 353 g/mol. The van der Waals surface area contributed by atoms with E-state index in [4.69, 9.17) is 4.74 Å². The molecule has 0 fully saturated rings. The molecule has 0 bridgehead atoms. The molecule has 0 unspecified atom stereocenters. The number of hydrogen-bond acceptors (Lipinski definition) is 5. The number of carbonyl (C=O) groups excluding carboxylic acids is 3. The number of fused-ring (bicyclic) bond motifs is 1. The molecule has 0 amide bonds. The first-order chi connectivity index (χ1) is 12.5. The standard InChI is InChI=1S/C21H23NO4/c1-4-6-11-22-14(3)19(21(25)26-12-5-2)17-13-18(23)15-9-7-8-10-16(15)20(17)24/h5,7-10,13,22H,2,4,6,11-12H2,1,3H3/b19-14+. The normalized spacial score (nSPS) is 14.2. The summed E-state index contributed by atoms with van der Waals surface area (Å²) in [5.41, 5.74) is 1.31. The van der Waals surface area contributed by atoms with Crippen molar-refractivity contribution in [3.8, 4) is 0 Å². The Bertz CT molecular complexity index is 802. The Labute approximate surface area is 153 Å².